The third-order valence-electron chi connectivity index (χ3n) is 2.65. The molecule has 0 unspecified atom stereocenters. The first-order valence-corrected chi connectivity index (χ1v) is 7.26. The second-order valence-electron chi connectivity index (χ2n) is 4.61. The fourth-order valence-corrected chi connectivity index (χ4v) is 1.73. The summed E-state index contributed by atoms with van der Waals surface area (Å²) in [4.78, 5) is 17.9. The van der Waals surface area contributed by atoms with E-state index in [-0.39, 0.29) is 0 Å². The average Bonchev–Trinajstić information content (AvgIpc) is 2.52. The number of esters is 1. The minimum Gasteiger partial charge on any atom is -0.493 e. The zero-order valence-electron chi connectivity index (χ0n) is 13.3. The van der Waals surface area contributed by atoms with Crippen LogP contribution >= 0.6 is 11.6 Å². The van der Waals surface area contributed by atoms with Gasteiger partial charge in [-0.2, -0.15) is 0 Å². The molecule has 0 spiro atoms. The number of carbonyl (C=O) groups excluding carboxylic acids is 1. The number of rotatable bonds is 8. The highest BCUT2D eigenvalue weighted by atomic mass is 35.5. The van der Waals surface area contributed by atoms with Crippen molar-refractivity contribution in [3.63, 3.8) is 0 Å². The number of hydrogen-bond donors (Lipinski definition) is 0. The normalized spacial score (nSPS) is 10.6. The van der Waals surface area contributed by atoms with Gasteiger partial charge in [-0.05, 0) is 6.42 Å². The van der Waals surface area contributed by atoms with E-state index in [4.69, 9.17) is 25.8 Å². The van der Waals surface area contributed by atoms with Crippen molar-refractivity contribution in [2.75, 3.05) is 40.8 Å². The molecule has 0 bridgehead atoms. The third kappa shape index (κ3) is 5.11. The van der Waals surface area contributed by atoms with Crippen LogP contribution in [0.3, 0.4) is 0 Å². The maximum Gasteiger partial charge on any atom is 0.340 e. The molecule has 7 heteroatoms. The van der Waals surface area contributed by atoms with E-state index in [0.717, 1.165) is 0 Å². The molecule has 0 saturated heterocycles. The largest absolute Gasteiger partial charge is 0.493 e. The van der Waals surface area contributed by atoms with E-state index in [0.29, 0.717) is 41.7 Å². The molecule has 0 N–H and O–H groups in total. The van der Waals surface area contributed by atoms with Gasteiger partial charge >= 0.3 is 5.97 Å². The Balaban J connectivity index is 3.23. The number of hydrogen-bond acceptors (Lipinski definition) is 5. The van der Waals surface area contributed by atoms with Gasteiger partial charge in [0.25, 0.3) is 0 Å². The van der Waals surface area contributed by atoms with E-state index in [9.17, 15) is 4.79 Å². The van der Waals surface area contributed by atoms with E-state index in [1.807, 2.05) is 14.1 Å². The second kappa shape index (κ2) is 9.15. The van der Waals surface area contributed by atoms with Gasteiger partial charge in [0, 0.05) is 32.1 Å². The molecule has 0 radical (unpaired) electrons. The van der Waals surface area contributed by atoms with E-state index < -0.39 is 5.97 Å². The molecule has 22 heavy (non-hydrogen) atoms. The molecule has 0 amide bonds. The van der Waals surface area contributed by atoms with Gasteiger partial charge in [-0.25, -0.2) is 9.79 Å². The fourth-order valence-electron chi connectivity index (χ4n) is 1.62. The van der Waals surface area contributed by atoms with Crippen LogP contribution in [0.15, 0.2) is 17.1 Å². The quantitative estimate of drug-likeness (QED) is 0.241. The van der Waals surface area contributed by atoms with E-state index in [2.05, 4.69) is 4.99 Å². The molecule has 0 atom stereocenters. The van der Waals surface area contributed by atoms with Crippen molar-refractivity contribution in [1.82, 2.24) is 4.90 Å². The number of alkyl halides is 1. The summed E-state index contributed by atoms with van der Waals surface area (Å²) in [5.41, 5.74) is 0.754. The minimum absolute atomic E-state index is 0.308. The zero-order chi connectivity index (χ0) is 16.5. The van der Waals surface area contributed by atoms with Gasteiger partial charge in [0.05, 0.1) is 38.4 Å². The second-order valence-corrected chi connectivity index (χ2v) is 4.99. The van der Waals surface area contributed by atoms with Crippen LogP contribution in [-0.4, -0.2) is 58.0 Å². The monoisotopic (exact) mass is 328 g/mol. The topological polar surface area (TPSA) is 60.4 Å². The molecule has 6 nitrogen and oxygen atoms in total. The Morgan fingerprint density at radius 1 is 1.32 bits per heavy atom. The van der Waals surface area contributed by atoms with Gasteiger partial charge in [-0.15, -0.1) is 11.6 Å². The van der Waals surface area contributed by atoms with Crippen molar-refractivity contribution in [3.8, 4) is 11.5 Å². The molecule has 0 aliphatic carbocycles. The molecule has 1 rings (SSSR count). The maximum absolute atomic E-state index is 11.9. The minimum atomic E-state index is -0.489. The fraction of sp³-hybridized carbons (Fsp3) is 0.467. The van der Waals surface area contributed by atoms with E-state index in [1.165, 1.54) is 14.2 Å². The summed E-state index contributed by atoms with van der Waals surface area (Å²) in [5, 5.41) is 0. The molecule has 0 fully saturated rings. The number of ether oxygens (including phenoxy) is 3. The van der Waals surface area contributed by atoms with Crippen molar-refractivity contribution < 1.29 is 19.0 Å². The number of methoxy groups -OCH3 is 2. The smallest absolute Gasteiger partial charge is 0.340 e. The van der Waals surface area contributed by atoms with Crippen molar-refractivity contribution in [2.45, 2.75) is 6.42 Å². The first-order valence-electron chi connectivity index (χ1n) is 6.73. The van der Waals surface area contributed by atoms with Crippen LogP contribution in [-0.2, 0) is 4.74 Å². The molecule has 0 heterocycles. The average molecular weight is 329 g/mol. The standard InChI is InChI=1S/C15H21ClN2O4/c1-18(2)10-17-12-9-14(22-7-5-6-16)13(20-3)8-11(12)15(19)21-4/h8-10H,5-7H2,1-4H3. The van der Waals surface area contributed by atoms with Crippen LogP contribution in [0.1, 0.15) is 16.8 Å². The van der Waals surface area contributed by atoms with Gasteiger partial charge in [0.1, 0.15) is 0 Å². The number of carbonyl (C=O) groups is 1. The zero-order valence-corrected chi connectivity index (χ0v) is 14.0. The first-order chi connectivity index (χ1) is 10.5. The highest BCUT2D eigenvalue weighted by Crippen LogP contribution is 2.35. The summed E-state index contributed by atoms with van der Waals surface area (Å²) in [6.45, 7) is 0.453. The molecular weight excluding hydrogens is 308 g/mol. The first kappa shape index (κ1) is 18.1. The Labute approximate surface area is 135 Å². The Bertz CT molecular complexity index is 533. The molecule has 0 aromatic heterocycles. The van der Waals surface area contributed by atoms with Crippen LogP contribution in [0, 0.1) is 0 Å². The van der Waals surface area contributed by atoms with Gasteiger partial charge in [0.2, 0.25) is 0 Å². The highest BCUT2D eigenvalue weighted by Gasteiger charge is 2.17. The van der Waals surface area contributed by atoms with E-state index >= 15 is 0 Å². The molecular formula is C15H21ClN2O4. The Hall–Kier alpha value is -1.95. The molecule has 0 aliphatic heterocycles. The van der Waals surface area contributed by atoms with Crippen LogP contribution in [0.2, 0.25) is 0 Å². The Morgan fingerprint density at radius 3 is 2.59 bits per heavy atom. The van der Waals surface area contributed by atoms with Gasteiger partial charge in [0.15, 0.2) is 11.5 Å². The number of halogens is 1. The molecule has 122 valence electrons. The third-order valence-corrected chi connectivity index (χ3v) is 2.92. The molecule has 1 aromatic carbocycles. The SMILES string of the molecule is COC(=O)c1cc(OC)c(OCCCCl)cc1N=CN(C)C. The summed E-state index contributed by atoms with van der Waals surface area (Å²) in [6, 6.07) is 3.21. The summed E-state index contributed by atoms with van der Waals surface area (Å²) >= 11 is 5.64. The Morgan fingerprint density at radius 2 is 2.05 bits per heavy atom. The lowest BCUT2D eigenvalue weighted by molar-refractivity contribution is 0.0601. The van der Waals surface area contributed by atoms with Crippen molar-refractivity contribution in [1.29, 1.82) is 0 Å². The van der Waals surface area contributed by atoms with Gasteiger partial charge < -0.3 is 19.1 Å². The predicted octanol–water partition coefficient (Wildman–Crippen LogP) is 2.71. The summed E-state index contributed by atoms with van der Waals surface area (Å²) in [6.07, 6.45) is 2.30. The van der Waals surface area contributed by atoms with Crippen molar-refractivity contribution in [3.05, 3.63) is 17.7 Å². The maximum atomic E-state index is 11.9. The van der Waals surface area contributed by atoms with E-state index in [1.54, 1.807) is 23.4 Å². The van der Waals surface area contributed by atoms with Crippen molar-refractivity contribution in [2.24, 2.45) is 4.99 Å². The number of aliphatic imine (C=N–C) groups is 1. The lowest BCUT2D eigenvalue weighted by Crippen LogP contribution is -2.08. The van der Waals surface area contributed by atoms with Crippen LogP contribution in [0.4, 0.5) is 5.69 Å². The predicted molar refractivity (Wildman–Crippen MR) is 87.0 cm³/mol. The van der Waals surface area contributed by atoms with Crippen molar-refractivity contribution >= 4 is 29.6 Å². The highest BCUT2D eigenvalue weighted by molar-refractivity contribution is 6.17. The number of nitrogens with zero attached hydrogens (tertiary/aromatic N) is 2. The molecule has 1 aromatic rings. The lowest BCUT2D eigenvalue weighted by atomic mass is 10.1. The van der Waals surface area contributed by atoms with Gasteiger partial charge in [-0.3, -0.25) is 0 Å². The van der Waals surface area contributed by atoms with Crippen LogP contribution in [0.25, 0.3) is 0 Å². The van der Waals surface area contributed by atoms with Gasteiger partial charge in [-0.1, -0.05) is 0 Å². The number of benzene rings is 1. The molecule has 0 aliphatic rings. The Kier molecular flexibility index (Phi) is 7.52. The molecule has 0 saturated carbocycles. The van der Waals surface area contributed by atoms with Crippen LogP contribution in [0.5, 0.6) is 11.5 Å². The van der Waals surface area contributed by atoms with Crippen LogP contribution < -0.4 is 9.47 Å². The summed E-state index contributed by atoms with van der Waals surface area (Å²) in [7, 11) is 6.50. The lowest BCUT2D eigenvalue weighted by Gasteiger charge is -2.14. The summed E-state index contributed by atoms with van der Waals surface area (Å²) < 4.78 is 15.7. The summed E-state index contributed by atoms with van der Waals surface area (Å²) in [5.74, 6) is 0.968.